The van der Waals surface area contributed by atoms with Gasteiger partial charge in [0.1, 0.15) is 0 Å². The molecule has 0 unspecified atom stereocenters. The summed E-state index contributed by atoms with van der Waals surface area (Å²) in [6.07, 6.45) is 9.82. The van der Waals surface area contributed by atoms with Crippen LogP contribution in [0.1, 0.15) is 32.1 Å². The van der Waals surface area contributed by atoms with E-state index in [0.29, 0.717) is 13.0 Å². The predicted molar refractivity (Wildman–Crippen MR) is 62.5 cm³/mol. The first-order valence-corrected chi connectivity index (χ1v) is 5.58. The predicted octanol–water partition coefficient (Wildman–Crippen LogP) is 1.03. The summed E-state index contributed by atoms with van der Waals surface area (Å²) in [5.41, 5.74) is 6.34. The number of nitrogens with one attached hydrogen (secondary N) is 1. The van der Waals surface area contributed by atoms with Crippen LogP contribution in [0.2, 0.25) is 0 Å². The lowest BCUT2D eigenvalue weighted by Crippen LogP contribution is -2.27. The summed E-state index contributed by atoms with van der Waals surface area (Å²) in [4.78, 5) is 21.7. The topological polar surface area (TPSA) is 72.2 Å². The van der Waals surface area contributed by atoms with Crippen LogP contribution < -0.4 is 11.1 Å². The Morgan fingerprint density at radius 2 is 2.19 bits per heavy atom. The van der Waals surface area contributed by atoms with Crippen molar-refractivity contribution in [3.8, 4) is 0 Å². The molecule has 16 heavy (non-hydrogen) atoms. The number of nitrogens with two attached hydrogens (primary N) is 1. The summed E-state index contributed by atoms with van der Waals surface area (Å²) in [5.74, 6) is -0.393. The average Bonchev–Trinajstić information content (AvgIpc) is 2.70. The van der Waals surface area contributed by atoms with Crippen LogP contribution in [0.15, 0.2) is 23.8 Å². The van der Waals surface area contributed by atoms with E-state index in [1.165, 1.54) is 5.57 Å². The van der Waals surface area contributed by atoms with Gasteiger partial charge in [0.2, 0.25) is 11.8 Å². The van der Waals surface area contributed by atoms with E-state index in [4.69, 9.17) is 5.73 Å². The van der Waals surface area contributed by atoms with Gasteiger partial charge in [0.05, 0.1) is 0 Å². The van der Waals surface area contributed by atoms with E-state index in [1.807, 2.05) is 6.08 Å². The third-order valence-corrected chi connectivity index (χ3v) is 2.44. The lowest BCUT2D eigenvalue weighted by atomic mass is 10.1. The fourth-order valence-electron chi connectivity index (χ4n) is 1.57. The van der Waals surface area contributed by atoms with Crippen molar-refractivity contribution >= 4 is 11.8 Å². The van der Waals surface area contributed by atoms with E-state index < -0.39 is 0 Å². The molecule has 0 spiro atoms. The summed E-state index contributed by atoms with van der Waals surface area (Å²) >= 11 is 0. The molecule has 0 atom stereocenters. The van der Waals surface area contributed by atoms with Crippen molar-refractivity contribution in [3.63, 3.8) is 0 Å². The summed E-state index contributed by atoms with van der Waals surface area (Å²) in [6.45, 7) is 0.346. The summed E-state index contributed by atoms with van der Waals surface area (Å²) in [7, 11) is 0. The van der Waals surface area contributed by atoms with Crippen molar-refractivity contribution in [2.75, 3.05) is 6.54 Å². The van der Waals surface area contributed by atoms with Crippen LogP contribution in [0, 0.1) is 0 Å². The molecule has 0 bridgehead atoms. The van der Waals surface area contributed by atoms with Crippen molar-refractivity contribution in [3.05, 3.63) is 23.8 Å². The first-order chi connectivity index (χ1) is 7.68. The van der Waals surface area contributed by atoms with E-state index in [9.17, 15) is 9.59 Å². The van der Waals surface area contributed by atoms with Gasteiger partial charge in [0, 0.05) is 19.4 Å². The largest absolute Gasteiger partial charge is 0.370 e. The Balaban J connectivity index is 2.00. The Morgan fingerprint density at radius 1 is 1.38 bits per heavy atom. The maximum absolute atomic E-state index is 11.3. The standard InChI is InChI=1S/C12H18N2O2/c13-11(15)8-9-14-12(16)7-3-6-10-4-1-2-5-10/h1-2,4H,3,5-9H2,(H2,13,15)(H,14,16). The fraction of sp³-hybridized carbons (Fsp3) is 0.500. The van der Waals surface area contributed by atoms with Gasteiger partial charge in [-0.15, -0.1) is 0 Å². The van der Waals surface area contributed by atoms with E-state index in [0.717, 1.165) is 19.3 Å². The van der Waals surface area contributed by atoms with Gasteiger partial charge in [-0.2, -0.15) is 0 Å². The van der Waals surface area contributed by atoms with E-state index in [1.54, 1.807) is 0 Å². The highest BCUT2D eigenvalue weighted by molar-refractivity contribution is 5.78. The van der Waals surface area contributed by atoms with Gasteiger partial charge >= 0.3 is 0 Å². The minimum atomic E-state index is -0.387. The van der Waals surface area contributed by atoms with E-state index in [2.05, 4.69) is 17.5 Å². The number of carbonyl (C=O) groups is 2. The zero-order valence-electron chi connectivity index (χ0n) is 9.37. The maximum atomic E-state index is 11.3. The van der Waals surface area contributed by atoms with E-state index in [-0.39, 0.29) is 18.2 Å². The lowest BCUT2D eigenvalue weighted by molar-refractivity contribution is -0.121. The van der Waals surface area contributed by atoms with Gasteiger partial charge in [-0.1, -0.05) is 23.8 Å². The molecule has 4 nitrogen and oxygen atoms in total. The summed E-state index contributed by atoms with van der Waals surface area (Å²) in [5, 5.41) is 2.66. The molecule has 0 radical (unpaired) electrons. The molecule has 88 valence electrons. The summed E-state index contributed by atoms with van der Waals surface area (Å²) in [6, 6.07) is 0. The second kappa shape index (κ2) is 6.82. The Labute approximate surface area is 95.6 Å². The van der Waals surface area contributed by atoms with Gasteiger partial charge in [0.15, 0.2) is 0 Å². The second-order valence-corrected chi connectivity index (χ2v) is 3.88. The molecular weight excluding hydrogens is 204 g/mol. The highest BCUT2D eigenvalue weighted by Gasteiger charge is 2.04. The van der Waals surface area contributed by atoms with Crippen molar-refractivity contribution in [2.24, 2.45) is 5.73 Å². The zero-order chi connectivity index (χ0) is 11.8. The highest BCUT2D eigenvalue weighted by Crippen LogP contribution is 2.16. The number of rotatable bonds is 7. The first kappa shape index (κ1) is 12.5. The van der Waals surface area contributed by atoms with Crippen LogP contribution in [0.5, 0.6) is 0 Å². The van der Waals surface area contributed by atoms with Gasteiger partial charge in [-0.3, -0.25) is 9.59 Å². The molecule has 1 aliphatic carbocycles. The number of amides is 2. The molecule has 0 fully saturated rings. The fourth-order valence-corrected chi connectivity index (χ4v) is 1.57. The van der Waals surface area contributed by atoms with E-state index >= 15 is 0 Å². The average molecular weight is 222 g/mol. The molecule has 0 aromatic rings. The third kappa shape index (κ3) is 5.34. The van der Waals surface area contributed by atoms with Crippen LogP contribution in [-0.4, -0.2) is 18.4 Å². The molecule has 0 saturated heterocycles. The number of carbonyl (C=O) groups excluding carboxylic acids is 2. The molecular formula is C12H18N2O2. The quantitative estimate of drug-likeness (QED) is 0.675. The Kier molecular flexibility index (Phi) is 5.32. The van der Waals surface area contributed by atoms with Crippen molar-refractivity contribution < 1.29 is 9.59 Å². The SMILES string of the molecule is NC(=O)CCNC(=O)CCCC1=CC=CC1. The van der Waals surface area contributed by atoms with Crippen molar-refractivity contribution in [1.82, 2.24) is 5.32 Å². The number of allylic oxidation sites excluding steroid dienone is 4. The minimum Gasteiger partial charge on any atom is -0.370 e. The van der Waals surface area contributed by atoms with Crippen LogP contribution >= 0.6 is 0 Å². The van der Waals surface area contributed by atoms with Crippen LogP contribution in [0.25, 0.3) is 0 Å². The van der Waals surface area contributed by atoms with Gasteiger partial charge in [-0.05, 0) is 19.3 Å². The van der Waals surface area contributed by atoms with Crippen LogP contribution in [-0.2, 0) is 9.59 Å². The Hall–Kier alpha value is -1.58. The number of hydrogen-bond donors (Lipinski definition) is 2. The van der Waals surface area contributed by atoms with Crippen LogP contribution in [0.3, 0.4) is 0 Å². The van der Waals surface area contributed by atoms with Gasteiger partial charge < -0.3 is 11.1 Å². The Bertz CT molecular complexity index is 319. The molecule has 4 heteroatoms. The third-order valence-electron chi connectivity index (χ3n) is 2.44. The molecule has 0 heterocycles. The maximum Gasteiger partial charge on any atom is 0.220 e. The van der Waals surface area contributed by atoms with Crippen molar-refractivity contribution in [2.45, 2.75) is 32.1 Å². The zero-order valence-corrected chi connectivity index (χ0v) is 9.37. The molecule has 1 aliphatic rings. The normalized spacial score (nSPS) is 13.6. The number of hydrogen-bond acceptors (Lipinski definition) is 2. The monoisotopic (exact) mass is 222 g/mol. The van der Waals surface area contributed by atoms with Crippen molar-refractivity contribution in [1.29, 1.82) is 0 Å². The molecule has 3 N–H and O–H groups in total. The Morgan fingerprint density at radius 3 is 2.81 bits per heavy atom. The lowest BCUT2D eigenvalue weighted by Gasteiger charge is -2.04. The number of primary amides is 1. The molecule has 0 aromatic carbocycles. The van der Waals surface area contributed by atoms with Crippen LogP contribution in [0.4, 0.5) is 0 Å². The molecule has 0 aliphatic heterocycles. The smallest absolute Gasteiger partial charge is 0.220 e. The summed E-state index contributed by atoms with van der Waals surface area (Å²) < 4.78 is 0. The van der Waals surface area contributed by atoms with Gasteiger partial charge in [-0.25, -0.2) is 0 Å². The second-order valence-electron chi connectivity index (χ2n) is 3.88. The molecule has 1 rings (SSSR count). The molecule has 0 aromatic heterocycles. The first-order valence-electron chi connectivity index (χ1n) is 5.58. The van der Waals surface area contributed by atoms with Gasteiger partial charge in [0.25, 0.3) is 0 Å². The molecule has 2 amide bonds. The highest BCUT2D eigenvalue weighted by atomic mass is 16.2. The minimum absolute atomic E-state index is 0.00666. The molecule has 0 saturated carbocycles.